The largest absolute Gasteiger partial charge is 0.485 e. The molecule has 2 aromatic rings. The van der Waals surface area contributed by atoms with E-state index >= 15 is 0 Å². The lowest BCUT2D eigenvalue weighted by molar-refractivity contribution is 0.276. The van der Waals surface area contributed by atoms with E-state index in [0.29, 0.717) is 29.4 Å². The number of hydrogen-bond donors (Lipinski definition) is 1. The van der Waals surface area contributed by atoms with E-state index in [1.54, 1.807) is 12.1 Å². The number of nitrogens with zero attached hydrogens (tertiary/aromatic N) is 2. The molecular weight excluding hydrogens is 273 g/mol. The summed E-state index contributed by atoms with van der Waals surface area (Å²) in [7, 11) is 0. The molecule has 1 aliphatic rings. The first-order valence-corrected chi connectivity index (χ1v) is 7.15. The van der Waals surface area contributed by atoms with Gasteiger partial charge < -0.3 is 14.6 Å². The monoisotopic (exact) mass is 291 g/mol. The maximum Gasteiger partial charge on any atom is 0.229 e. The summed E-state index contributed by atoms with van der Waals surface area (Å²) >= 11 is 0. The third kappa shape index (κ3) is 3.58. The minimum atomic E-state index is -0.288. The lowest BCUT2D eigenvalue weighted by Crippen LogP contribution is -2.34. The Hall–Kier alpha value is -1.95. The van der Waals surface area contributed by atoms with E-state index in [1.807, 2.05) is 0 Å². The molecule has 1 aromatic carbocycles. The smallest absolute Gasteiger partial charge is 0.229 e. The van der Waals surface area contributed by atoms with Crippen LogP contribution in [0.2, 0.25) is 0 Å². The van der Waals surface area contributed by atoms with Crippen LogP contribution in [-0.2, 0) is 6.61 Å². The molecule has 21 heavy (non-hydrogen) atoms. The Kier molecular flexibility index (Phi) is 4.15. The van der Waals surface area contributed by atoms with Gasteiger partial charge in [0.2, 0.25) is 11.7 Å². The fourth-order valence-corrected chi connectivity index (χ4v) is 2.53. The van der Waals surface area contributed by atoms with Crippen LogP contribution in [0.3, 0.4) is 0 Å². The van der Waals surface area contributed by atoms with Crippen LogP contribution in [0.25, 0.3) is 0 Å². The van der Waals surface area contributed by atoms with Gasteiger partial charge >= 0.3 is 0 Å². The van der Waals surface area contributed by atoms with Gasteiger partial charge in [0.15, 0.2) is 6.61 Å². The topological polar surface area (TPSA) is 60.2 Å². The lowest BCUT2D eigenvalue weighted by Gasteiger charge is -2.25. The summed E-state index contributed by atoms with van der Waals surface area (Å²) in [5, 5.41) is 7.34. The Morgan fingerprint density at radius 3 is 2.95 bits per heavy atom. The second-order valence-corrected chi connectivity index (χ2v) is 5.37. The van der Waals surface area contributed by atoms with Gasteiger partial charge in [0.25, 0.3) is 0 Å². The first kappa shape index (κ1) is 14.0. The summed E-state index contributed by atoms with van der Waals surface area (Å²) in [5.74, 6) is 1.80. The quantitative estimate of drug-likeness (QED) is 0.938. The average molecular weight is 291 g/mol. The molecule has 0 bridgehead atoms. The highest BCUT2D eigenvalue weighted by molar-refractivity contribution is 5.22. The molecule has 1 aromatic heterocycles. The normalized spacial score (nSPS) is 22.2. The van der Waals surface area contributed by atoms with Gasteiger partial charge in [-0.05, 0) is 50.6 Å². The molecule has 1 N–H and O–H groups in total. The number of halogens is 1. The molecule has 2 atom stereocenters. The highest BCUT2D eigenvalue weighted by Crippen LogP contribution is 2.26. The van der Waals surface area contributed by atoms with Gasteiger partial charge in [-0.25, -0.2) is 4.39 Å². The zero-order chi connectivity index (χ0) is 14.7. The van der Waals surface area contributed by atoms with E-state index in [9.17, 15) is 4.39 Å². The van der Waals surface area contributed by atoms with Gasteiger partial charge in [0.05, 0.1) is 0 Å². The maximum absolute atomic E-state index is 12.8. The van der Waals surface area contributed by atoms with Crippen molar-refractivity contribution < 1.29 is 13.7 Å². The summed E-state index contributed by atoms with van der Waals surface area (Å²) in [6, 6.07) is 6.32. The van der Waals surface area contributed by atoms with E-state index in [1.165, 1.54) is 12.1 Å². The van der Waals surface area contributed by atoms with Gasteiger partial charge in [0.1, 0.15) is 11.6 Å². The number of rotatable bonds is 4. The average Bonchev–Trinajstić information content (AvgIpc) is 2.96. The molecule has 112 valence electrons. The van der Waals surface area contributed by atoms with E-state index in [2.05, 4.69) is 22.4 Å². The van der Waals surface area contributed by atoms with E-state index in [0.717, 1.165) is 19.4 Å². The van der Waals surface area contributed by atoms with Crippen LogP contribution in [0.4, 0.5) is 4.39 Å². The third-order valence-corrected chi connectivity index (χ3v) is 3.64. The van der Waals surface area contributed by atoms with Crippen molar-refractivity contribution in [2.75, 3.05) is 6.54 Å². The number of hydrogen-bond acceptors (Lipinski definition) is 5. The second-order valence-electron chi connectivity index (χ2n) is 5.37. The fraction of sp³-hybridized carbons (Fsp3) is 0.467. The first-order valence-electron chi connectivity index (χ1n) is 7.15. The fourth-order valence-electron chi connectivity index (χ4n) is 2.53. The molecule has 0 amide bonds. The third-order valence-electron chi connectivity index (χ3n) is 3.64. The van der Waals surface area contributed by atoms with Crippen molar-refractivity contribution in [2.24, 2.45) is 0 Å². The zero-order valence-corrected chi connectivity index (χ0v) is 11.9. The molecule has 1 aliphatic heterocycles. The first-order chi connectivity index (χ1) is 10.2. The lowest BCUT2D eigenvalue weighted by atomic mass is 9.93. The Bertz CT molecular complexity index is 585. The SMILES string of the molecule is C[C@H]1C[C@@H](c2nc(COc3ccc(F)cc3)no2)CCN1. The predicted octanol–water partition coefficient (Wildman–Crippen LogP) is 2.64. The molecule has 0 unspecified atom stereocenters. The minimum Gasteiger partial charge on any atom is -0.485 e. The highest BCUT2D eigenvalue weighted by atomic mass is 19.1. The van der Waals surface area contributed by atoms with Crippen LogP contribution in [0.5, 0.6) is 5.75 Å². The second kappa shape index (κ2) is 6.22. The van der Waals surface area contributed by atoms with Crippen LogP contribution >= 0.6 is 0 Å². The van der Waals surface area contributed by atoms with Crippen molar-refractivity contribution in [1.82, 2.24) is 15.5 Å². The van der Waals surface area contributed by atoms with Crippen molar-refractivity contribution in [3.63, 3.8) is 0 Å². The van der Waals surface area contributed by atoms with Crippen LogP contribution in [-0.4, -0.2) is 22.7 Å². The maximum atomic E-state index is 12.8. The molecule has 6 heteroatoms. The molecule has 0 aliphatic carbocycles. The molecule has 0 spiro atoms. The number of piperidine rings is 1. The van der Waals surface area contributed by atoms with Gasteiger partial charge in [-0.2, -0.15) is 4.98 Å². The standard InChI is InChI=1S/C15H18FN3O2/c1-10-8-11(6-7-17-10)15-18-14(19-21-15)9-20-13-4-2-12(16)3-5-13/h2-5,10-11,17H,6-9H2,1H3/t10-,11-/m0/s1. The summed E-state index contributed by atoms with van der Waals surface area (Å²) in [6.45, 7) is 3.34. The Balaban J connectivity index is 1.58. The van der Waals surface area contributed by atoms with Gasteiger partial charge in [-0.1, -0.05) is 5.16 Å². The van der Waals surface area contributed by atoms with Crippen LogP contribution in [0, 0.1) is 5.82 Å². The Labute approximate surface area is 122 Å². The highest BCUT2D eigenvalue weighted by Gasteiger charge is 2.24. The number of nitrogens with one attached hydrogen (secondary N) is 1. The summed E-state index contributed by atoms with van der Waals surface area (Å²) in [5.41, 5.74) is 0. The van der Waals surface area contributed by atoms with Crippen LogP contribution in [0.15, 0.2) is 28.8 Å². The molecule has 5 nitrogen and oxygen atoms in total. The van der Waals surface area contributed by atoms with Gasteiger partial charge in [0, 0.05) is 12.0 Å². The summed E-state index contributed by atoms with van der Waals surface area (Å²) in [6.07, 6.45) is 2.01. The minimum absolute atomic E-state index is 0.218. The predicted molar refractivity (Wildman–Crippen MR) is 74.5 cm³/mol. The molecule has 2 heterocycles. The molecule has 1 saturated heterocycles. The Morgan fingerprint density at radius 1 is 1.38 bits per heavy atom. The van der Waals surface area contributed by atoms with E-state index in [4.69, 9.17) is 9.26 Å². The summed E-state index contributed by atoms with van der Waals surface area (Å²) in [4.78, 5) is 4.40. The van der Waals surface area contributed by atoms with Crippen molar-refractivity contribution in [3.05, 3.63) is 41.8 Å². The number of benzene rings is 1. The van der Waals surface area contributed by atoms with Crippen molar-refractivity contribution in [1.29, 1.82) is 0 Å². The van der Waals surface area contributed by atoms with Crippen LogP contribution in [0.1, 0.15) is 37.4 Å². The van der Waals surface area contributed by atoms with Crippen LogP contribution < -0.4 is 10.1 Å². The van der Waals surface area contributed by atoms with Gasteiger partial charge in [-0.3, -0.25) is 0 Å². The van der Waals surface area contributed by atoms with Crippen molar-refractivity contribution in [3.8, 4) is 5.75 Å². The van der Waals surface area contributed by atoms with E-state index < -0.39 is 0 Å². The molecular formula is C15H18FN3O2. The van der Waals surface area contributed by atoms with E-state index in [-0.39, 0.29) is 12.4 Å². The molecule has 0 radical (unpaired) electrons. The zero-order valence-electron chi connectivity index (χ0n) is 11.9. The van der Waals surface area contributed by atoms with Crippen molar-refractivity contribution in [2.45, 2.75) is 38.3 Å². The van der Waals surface area contributed by atoms with Gasteiger partial charge in [-0.15, -0.1) is 0 Å². The van der Waals surface area contributed by atoms with Crippen molar-refractivity contribution >= 4 is 0 Å². The molecule has 0 saturated carbocycles. The summed E-state index contributed by atoms with van der Waals surface area (Å²) < 4.78 is 23.6. The number of ether oxygens (including phenoxy) is 1. The molecule has 3 rings (SSSR count). The number of aromatic nitrogens is 2. The molecule has 1 fully saturated rings. The Morgan fingerprint density at radius 2 is 2.19 bits per heavy atom.